The largest absolute Gasteiger partial charge is 0.387 e. The molecule has 3 nitrogen and oxygen atoms in total. The van der Waals surface area contributed by atoms with E-state index < -0.39 is 11.6 Å². The number of hydrogen-bond donors (Lipinski definition) is 2. The molecule has 1 unspecified atom stereocenters. The molecule has 0 bridgehead atoms. The maximum atomic E-state index is 10.1. The monoisotopic (exact) mass is 220 g/mol. The second kappa shape index (κ2) is 3.75. The van der Waals surface area contributed by atoms with Crippen molar-refractivity contribution in [3.63, 3.8) is 0 Å². The van der Waals surface area contributed by atoms with Gasteiger partial charge in [0.1, 0.15) is 0 Å². The number of aliphatic hydroxyl groups is 1. The van der Waals surface area contributed by atoms with Gasteiger partial charge in [-0.15, -0.1) is 0 Å². The van der Waals surface area contributed by atoms with Crippen molar-refractivity contribution in [1.82, 2.24) is 0 Å². The van der Waals surface area contributed by atoms with Gasteiger partial charge in [0.25, 0.3) is 0 Å². The highest BCUT2D eigenvalue weighted by Crippen LogP contribution is 2.31. The molecule has 0 aliphatic carbocycles. The van der Waals surface area contributed by atoms with Crippen molar-refractivity contribution in [1.29, 1.82) is 0 Å². The van der Waals surface area contributed by atoms with Gasteiger partial charge in [0.05, 0.1) is 6.10 Å². The fourth-order valence-corrected chi connectivity index (χ4v) is 2.19. The second-order valence-electron chi connectivity index (χ2n) is 5.28. The molecule has 0 radical (unpaired) electrons. The first kappa shape index (κ1) is 11.4. The number of anilines is 1. The van der Waals surface area contributed by atoms with E-state index in [1.54, 1.807) is 0 Å². The highest BCUT2D eigenvalue weighted by atomic mass is 16.3. The second-order valence-corrected chi connectivity index (χ2v) is 5.28. The van der Waals surface area contributed by atoms with Crippen LogP contribution in [-0.2, 0) is 6.42 Å². The van der Waals surface area contributed by atoms with Gasteiger partial charge >= 0.3 is 0 Å². The summed E-state index contributed by atoms with van der Waals surface area (Å²) in [6.07, 6.45) is 0.445. The fourth-order valence-electron chi connectivity index (χ4n) is 2.19. The van der Waals surface area contributed by atoms with Crippen LogP contribution in [-0.4, -0.2) is 24.2 Å². The van der Waals surface area contributed by atoms with E-state index in [-0.39, 0.29) is 0 Å². The Balaban J connectivity index is 2.32. The van der Waals surface area contributed by atoms with E-state index in [1.165, 1.54) is 11.3 Å². The van der Waals surface area contributed by atoms with E-state index in [4.69, 9.17) is 5.73 Å². The lowest BCUT2D eigenvalue weighted by atomic mass is 9.91. The smallest absolute Gasteiger partial charge is 0.0964 e. The Hall–Kier alpha value is -1.06. The normalized spacial score (nSPS) is 17.4. The molecule has 3 heteroatoms. The predicted octanol–water partition coefficient (Wildman–Crippen LogP) is 1.45. The summed E-state index contributed by atoms with van der Waals surface area (Å²) in [7, 11) is 2.09. The number of rotatable bonds is 2. The van der Waals surface area contributed by atoms with Gasteiger partial charge in [-0.05, 0) is 37.5 Å². The first-order valence-corrected chi connectivity index (χ1v) is 5.70. The van der Waals surface area contributed by atoms with Crippen molar-refractivity contribution < 1.29 is 5.11 Å². The molecule has 0 fully saturated rings. The minimum atomic E-state index is -0.608. The predicted molar refractivity (Wildman–Crippen MR) is 66.6 cm³/mol. The van der Waals surface area contributed by atoms with Crippen LogP contribution in [0, 0.1) is 0 Å². The molecule has 0 amide bonds. The maximum absolute atomic E-state index is 10.1. The van der Waals surface area contributed by atoms with Gasteiger partial charge in [-0.2, -0.15) is 0 Å². The summed E-state index contributed by atoms with van der Waals surface area (Å²) in [5, 5.41) is 10.1. The topological polar surface area (TPSA) is 49.5 Å². The Labute approximate surface area is 96.9 Å². The van der Waals surface area contributed by atoms with Crippen LogP contribution in [0.4, 0.5) is 5.69 Å². The van der Waals surface area contributed by atoms with Crippen molar-refractivity contribution >= 4 is 5.69 Å². The fraction of sp³-hybridized carbons (Fsp3) is 0.538. The number of nitrogens with zero attached hydrogens (tertiary/aromatic N) is 1. The molecule has 1 aromatic rings. The number of nitrogens with two attached hydrogens (primary N) is 1. The molecule has 1 aliphatic rings. The number of fused-ring (bicyclic) bond motifs is 1. The Morgan fingerprint density at radius 3 is 2.75 bits per heavy atom. The maximum Gasteiger partial charge on any atom is 0.0964 e. The van der Waals surface area contributed by atoms with Crippen molar-refractivity contribution in [2.75, 3.05) is 18.5 Å². The average Bonchev–Trinajstić information content (AvgIpc) is 2.57. The van der Waals surface area contributed by atoms with E-state index in [2.05, 4.69) is 24.1 Å². The minimum absolute atomic E-state index is 0.598. The van der Waals surface area contributed by atoms with Gasteiger partial charge in [0, 0.05) is 24.8 Å². The molecule has 1 aliphatic heterocycles. The van der Waals surface area contributed by atoms with Crippen molar-refractivity contribution in [3.8, 4) is 0 Å². The molecule has 88 valence electrons. The summed E-state index contributed by atoms with van der Waals surface area (Å²) in [5.41, 5.74) is 8.82. The molecule has 2 rings (SSSR count). The molecule has 1 heterocycles. The van der Waals surface area contributed by atoms with Crippen molar-refractivity contribution in [3.05, 3.63) is 29.3 Å². The zero-order valence-corrected chi connectivity index (χ0v) is 10.2. The van der Waals surface area contributed by atoms with Crippen molar-refractivity contribution in [2.24, 2.45) is 5.73 Å². The van der Waals surface area contributed by atoms with E-state index >= 15 is 0 Å². The summed E-state index contributed by atoms with van der Waals surface area (Å²) >= 11 is 0. The van der Waals surface area contributed by atoms with Gasteiger partial charge < -0.3 is 15.7 Å². The van der Waals surface area contributed by atoms with Gasteiger partial charge in [0.15, 0.2) is 0 Å². The minimum Gasteiger partial charge on any atom is -0.387 e. The van der Waals surface area contributed by atoms with Crippen LogP contribution in [0.5, 0.6) is 0 Å². The highest BCUT2D eigenvalue weighted by Gasteiger charge is 2.26. The van der Waals surface area contributed by atoms with Crippen LogP contribution < -0.4 is 10.6 Å². The number of benzene rings is 1. The number of likely N-dealkylation sites (N-methyl/N-ethyl adjacent to an activating group) is 1. The molecule has 0 saturated carbocycles. The van der Waals surface area contributed by atoms with Gasteiger partial charge in [0.2, 0.25) is 0 Å². The Morgan fingerprint density at radius 2 is 2.12 bits per heavy atom. The van der Waals surface area contributed by atoms with Crippen LogP contribution in [0.15, 0.2) is 18.2 Å². The van der Waals surface area contributed by atoms with Crippen molar-refractivity contribution in [2.45, 2.75) is 31.9 Å². The molecule has 1 atom stereocenters. The molecule has 3 N–H and O–H groups in total. The third-order valence-corrected chi connectivity index (χ3v) is 3.25. The SMILES string of the molecule is CN1CCc2cc(C(O)C(C)(C)N)ccc21. The molecule has 0 saturated heterocycles. The lowest BCUT2D eigenvalue weighted by Gasteiger charge is -2.26. The first-order chi connectivity index (χ1) is 7.39. The van der Waals surface area contributed by atoms with Gasteiger partial charge in [-0.3, -0.25) is 0 Å². The highest BCUT2D eigenvalue weighted by molar-refractivity contribution is 5.58. The number of hydrogen-bond acceptors (Lipinski definition) is 3. The molecular weight excluding hydrogens is 200 g/mol. The summed E-state index contributed by atoms with van der Waals surface area (Å²) in [4.78, 5) is 2.24. The zero-order chi connectivity index (χ0) is 11.9. The van der Waals surface area contributed by atoms with Crippen LogP contribution in [0.25, 0.3) is 0 Å². The van der Waals surface area contributed by atoms with Gasteiger partial charge in [-0.1, -0.05) is 12.1 Å². The summed E-state index contributed by atoms with van der Waals surface area (Å²) in [6, 6.07) is 6.13. The first-order valence-electron chi connectivity index (χ1n) is 5.70. The quantitative estimate of drug-likeness (QED) is 0.793. The molecular formula is C13H20N2O. The van der Waals surface area contributed by atoms with Gasteiger partial charge in [-0.25, -0.2) is 0 Å². The molecule has 0 aromatic heterocycles. The molecule has 16 heavy (non-hydrogen) atoms. The Bertz CT molecular complexity index is 395. The van der Waals surface area contributed by atoms with E-state index in [1.807, 2.05) is 19.9 Å². The van der Waals surface area contributed by atoms with Crippen LogP contribution >= 0.6 is 0 Å². The van der Waals surface area contributed by atoms with Crippen LogP contribution in [0.3, 0.4) is 0 Å². The molecule has 1 aromatic carbocycles. The summed E-state index contributed by atoms with van der Waals surface area (Å²) in [5.74, 6) is 0. The summed E-state index contributed by atoms with van der Waals surface area (Å²) in [6.45, 7) is 4.74. The zero-order valence-electron chi connectivity index (χ0n) is 10.2. The van der Waals surface area contributed by atoms with Crippen LogP contribution in [0.2, 0.25) is 0 Å². The average molecular weight is 220 g/mol. The molecule has 0 spiro atoms. The Morgan fingerprint density at radius 1 is 1.44 bits per heavy atom. The Kier molecular flexibility index (Phi) is 2.68. The number of aliphatic hydroxyl groups excluding tert-OH is 1. The summed E-state index contributed by atoms with van der Waals surface area (Å²) < 4.78 is 0. The third-order valence-electron chi connectivity index (χ3n) is 3.25. The third kappa shape index (κ3) is 1.93. The standard InChI is InChI=1S/C13H20N2O/c1-13(2,14)12(16)10-4-5-11-9(8-10)6-7-15(11)3/h4-5,8,12,16H,6-7,14H2,1-3H3. The van der Waals surface area contributed by atoms with E-state index in [0.717, 1.165) is 18.5 Å². The van der Waals surface area contributed by atoms with E-state index in [9.17, 15) is 5.11 Å². The van der Waals surface area contributed by atoms with E-state index in [0.29, 0.717) is 0 Å². The van der Waals surface area contributed by atoms with Crippen LogP contribution in [0.1, 0.15) is 31.1 Å². The lowest BCUT2D eigenvalue weighted by molar-refractivity contribution is 0.104. The lowest BCUT2D eigenvalue weighted by Crippen LogP contribution is -2.39.